The standard InChI is InChI=1S/C22H23N3O3S/c1-4-25-20(17-10-7-8-15(2)12-17)23-24-22(25)29-14-18(26)13-16-9-5-6-11-19(16)21(27)28-3/h5-12H,4,13-14H2,1-3H3. The van der Waals surface area contributed by atoms with E-state index in [1.165, 1.54) is 18.9 Å². The van der Waals surface area contributed by atoms with Crippen molar-refractivity contribution in [1.82, 2.24) is 14.8 Å². The van der Waals surface area contributed by atoms with Gasteiger partial charge in [-0.2, -0.15) is 0 Å². The first-order valence-electron chi connectivity index (χ1n) is 9.34. The predicted molar refractivity (Wildman–Crippen MR) is 113 cm³/mol. The summed E-state index contributed by atoms with van der Waals surface area (Å²) >= 11 is 1.36. The lowest BCUT2D eigenvalue weighted by Gasteiger charge is -2.09. The molecule has 0 saturated carbocycles. The van der Waals surface area contributed by atoms with Crippen molar-refractivity contribution in [3.8, 4) is 11.4 Å². The number of benzene rings is 2. The molecule has 0 fully saturated rings. The van der Waals surface area contributed by atoms with Crippen LogP contribution in [0.2, 0.25) is 0 Å². The minimum absolute atomic E-state index is 0.00844. The Balaban J connectivity index is 1.71. The molecule has 150 valence electrons. The largest absolute Gasteiger partial charge is 0.465 e. The van der Waals surface area contributed by atoms with Gasteiger partial charge in [-0.3, -0.25) is 4.79 Å². The van der Waals surface area contributed by atoms with E-state index in [0.717, 1.165) is 17.0 Å². The van der Waals surface area contributed by atoms with Crippen molar-refractivity contribution in [3.05, 3.63) is 65.2 Å². The lowest BCUT2D eigenvalue weighted by molar-refractivity contribution is -0.116. The van der Waals surface area contributed by atoms with Crippen molar-refractivity contribution >= 4 is 23.5 Å². The fourth-order valence-corrected chi connectivity index (χ4v) is 3.93. The first kappa shape index (κ1) is 20.8. The minimum Gasteiger partial charge on any atom is -0.465 e. The number of thioether (sulfide) groups is 1. The van der Waals surface area contributed by atoms with E-state index in [1.807, 2.05) is 42.7 Å². The average molecular weight is 410 g/mol. The Labute approximate surface area is 174 Å². The van der Waals surface area contributed by atoms with Crippen LogP contribution in [-0.2, 0) is 22.5 Å². The summed E-state index contributed by atoms with van der Waals surface area (Å²) in [5.41, 5.74) is 3.25. The molecule has 0 bridgehead atoms. The maximum Gasteiger partial charge on any atom is 0.338 e. The number of carbonyl (C=O) groups excluding carboxylic acids is 2. The van der Waals surface area contributed by atoms with E-state index in [1.54, 1.807) is 18.2 Å². The van der Waals surface area contributed by atoms with Crippen LogP contribution in [0, 0.1) is 6.92 Å². The van der Waals surface area contributed by atoms with Crippen molar-refractivity contribution in [3.63, 3.8) is 0 Å². The highest BCUT2D eigenvalue weighted by atomic mass is 32.2. The first-order valence-corrected chi connectivity index (χ1v) is 10.3. The van der Waals surface area contributed by atoms with Crippen molar-refractivity contribution in [1.29, 1.82) is 0 Å². The lowest BCUT2D eigenvalue weighted by atomic mass is 10.0. The SMILES string of the molecule is CCn1c(SCC(=O)Cc2ccccc2C(=O)OC)nnc1-c1cccc(C)c1. The van der Waals surface area contributed by atoms with Gasteiger partial charge in [0.25, 0.3) is 0 Å². The van der Waals surface area contributed by atoms with Crippen molar-refractivity contribution < 1.29 is 14.3 Å². The number of ether oxygens (including phenoxy) is 1. The number of carbonyl (C=O) groups is 2. The zero-order valence-corrected chi connectivity index (χ0v) is 17.5. The van der Waals surface area contributed by atoms with Gasteiger partial charge < -0.3 is 9.30 Å². The number of hydrogen-bond acceptors (Lipinski definition) is 6. The molecule has 0 unspecified atom stereocenters. The van der Waals surface area contributed by atoms with Crippen molar-refractivity contribution in [2.45, 2.75) is 32.0 Å². The third-order valence-electron chi connectivity index (χ3n) is 4.48. The highest BCUT2D eigenvalue weighted by Gasteiger charge is 2.17. The molecule has 1 heterocycles. The fourth-order valence-electron chi connectivity index (χ4n) is 3.07. The molecule has 0 amide bonds. The molecule has 6 nitrogen and oxygen atoms in total. The lowest BCUT2D eigenvalue weighted by Crippen LogP contribution is -2.12. The van der Waals surface area contributed by atoms with E-state index >= 15 is 0 Å². The summed E-state index contributed by atoms with van der Waals surface area (Å²) in [6.45, 7) is 4.77. The second-order valence-electron chi connectivity index (χ2n) is 6.57. The number of esters is 1. The van der Waals surface area contributed by atoms with Gasteiger partial charge >= 0.3 is 5.97 Å². The fraction of sp³-hybridized carbons (Fsp3) is 0.273. The van der Waals surface area contributed by atoms with Crippen LogP contribution in [0.15, 0.2) is 53.7 Å². The molecule has 1 aromatic heterocycles. The summed E-state index contributed by atoms with van der Waals surface area (Å²) in [7, 11) is 1.33. The summed E-state index contributed by atoms with van der Waals surface area (Å²) < 4.78 is 6.80. The second-order valence-corrected chi connectivity index (χ2v) is 7.52. The van der Waals surface area contributed by atoms with Gasteiger partial charge in [-0.25, -0.2) is 4.79 Å². The van der Waals surface area contributed by atoms with Gasteiger partial charge in [-0.15, -0.1) is 10.2 Å². The molecule has 0 radical (unpaired) electrons. The molecule has 0 saturated heterocycles. The number of ketones is 1. The van der Waals surface area contributed by atoms with Gasteiger partial charge in [0, 0.05) is 18.5 Å². The highest BCUT2D eigenvalue weighted by molar-refractivity contribution is 7.99. The van der Waals surface area contributed by atoms with E-state index in [0.29, 0.717) is 22.8 Å². The molecule has 2 aromatic carbocycles. The van der Waals surface area contributed by atoms with E-state index in [4.69, 9.17) is 4.74 Å². The molecule has 0 aliphatic carbocycles. The van der Waals surface area contributed by atoms with Crippen LogP contribution in [0.5, 0.6) is 0 Å². The minimum atomic E-state index is -0.436. The Hall–Kier alpha value is -2.93. The molecule has 3 rings (SSSR count). The van der Waals surface area contributed by atoms with Crippen LogP contribution in [0.3, 0.4) is 0 Å². The monoisotopic (exact) mass is 409 g/mol. The van der Waals surface area contributed by atoms with Crippen LogP contribution in [0.4, 0.5) is 0 Å². The van der Waals surface area contributed by atoms with Gasteiger partial charge in [0.1, 0.15) is 5.78 Å². The van der Waals surface area contributed by atoms with Gasteiger partial charge in [-0.05, 0) is 31.5 Å². The maximum absolute atomic E-state index is 12.5. The zero-order valence-electron chi connectivity index (χ0n) is 16.7. The van der Waals surface area contributed by atoms with E-state index in [9.17, 15) is 9.59 Å². The van der Waals surface area contributed by atoms with Crippen LogP contribution >= 0.6 is 11.8 Å². The number of methoxy groups -OCH3 is 1. The van der Waals surface area contributed by atoms with E-state index in [2.05, 4.69) is 16.3 Å². The number of nitrogens with zero attached hydrogens (tertiary/aromatic N) is 3. The molecule has 0 N–H and O–H groups in total. The molecule has 0 atom stereocenters. The average Bonchev–Trinajstić information content (AvgIpc) is 3.15. The Bertz CT molecular complexity index is 1030. The summed E-state index contributed by atoms with van der Waals surface area (Å²) in [5.74, 6) is 0.618. The Kier molecular flexibility index (Phi) is 6.82. The molecular formula is C22H23N3O3S. The molecule has 0 aliphatic heterocycles. The number of Topliss-reactive ketones (excluding diaryl/α,β-unsaturated/α-hetero) is 1. The number of rotatable bonds is 8. The molecule has 0 spiro atoms. The Morgan fingerprint density at radius 3 is 2.62 bits per heavy atom. The Morgan fingerprint density at radius 1 is 1.10 bits per heavy atom. The van der Waals surface area contributed by atoms with Gasteiger partial charge in [0.05, 0.1) is 18.4 Å². The normalized spacial score (nSPS) is 10.7. The predicted octanol–water partition coefficient (Wildman–Crippen LogP) is 3.96. The van der Waals surface area contributed by atoms with E-state index < -0.39 is 5.97 Å². The van der Waals surface area contributed by atoms with Crippen LogP contribution < -0.4 is 0 Å². The number of hydrogen-bond donors (Lipinski definition) is 0. The highest BCUT2D eigenvalue weighted by Crippen LogP contribution is 2.25. The van der Waals surface area contributed by atoms with Crippen LogP contribution in [-0.4, -0.2) is 39.4 Å². The molecule has 7 heteroatoms. The van der Waals surface area contributed by atoms with Gasteiger partial charge in [-0.1, -0.05) is 53.7 Å². The Morgan fingerprint density at radius 2 is 1.90 bits per heavy atom. The number of aryl methyl sites for hydroxylation is 1. The van der Waals surface area contributed by atoms with Crippen LogP contribution in [0.1, 0.15) is 28.4 Å². The van der Waals surface area contributed by atoms with Gasteiger partial charge in [0.15, 0.2) is 11.0 Å². The molecular weight excluding hydrogens is 386 g/mol. The zero-order chi connectivity index (χ0) is 20.8. The quantitative estimate of drug-likeness (QED) is 0.414. The number of aromatic nitrogens is 3. The van der Waals surface area contributed by atoms with Crippen LogP contribution in [0.25, 0.3) is 11.4 Å². The molecule has 29 heavy (non-hydrogen) atoms. The second kappa shape index (κ2) is 9.52. The summed E-state index contributed by atoms with van der Waals surface area (Å²) in [6, 6.07) is 15.1. The topological polar surface area (TPSA) is 74.1 Å². The maximum atomic E-state index is 12.5. The van der Waals surface area contributed by atoms with Crippen molar-refractivity contribution in [2.24, 2.45) is 0 Å². The summed E-state index contributed by atoms with van der Waals surface area (Å²) in [6.07, 6.45) is 0.170. The summed E-state index contributed by atoms with van der Waals surface area (Å²) in [5, 5.41) is 9.32. The third-order valence-corrected chi connectivity index (χ3v) is 5.51. The molecule has 3 aromatic rings. The third kappa shape index (κ3) is 4.92. The van der Waals surface area contributed by atoms with Gasteiger partial charge in [0.2, 0.25) is 0 Å². The first-order chi connectivity index (χ1) is 14.0. The summed E-state index contributed by atoms with van der Waals surface area (Å²) in [4.78, 5) is 24.4. The smallest absolute Gasteiger partial charge is 0.338 e. The van der Waals surface area contributed by atoms with E-state index in [-0.39, 0.29) is 18.0 Å². The van der Waals surface area contributed by atoms with Crippen molar-refractivity contribution in [2.75, 3.05) is 12.9 Å². The molecule has 0 aliphatic rings.